The van der Waals surface area contributed by atoms with E-state index in [4.69, 9.17) is 21.1 Å². The van der Waals surface area contributed by atoms with E-state index >= 15 is 0 Å². The molecule has 244 valence electrons. The summed E-state index contributed by atoms with van der Waals surface area (Å²) in [5, 5.41) is 9.42. The Balaban J connectivity index is 1.30. The second kappa shape index (κ2) is 14.2. The minimum Gasteiger partial charge on any atom is -0.467 e. The maximum atomic E-state index is 13.7. The van der Waals surface area contributed by atoms with Gasteiger partial charge in [0, 0.05) is 49.0 Å². The molecule has 46 heavy (non-hydrogen) atoms. The first-order valence-corrected chi connectivity index (χ1v) is 14.6. The summed E-state index contributed by atoms with van der Waals surface area (Å²) in [6, 6.07) is -0.232. The number of halogens is 4. The first-order chi connectivity index (χ1) is 22.0. The molecule has 2 N–H and O–H groups in total. The zero-order valence-electron chi connectivity index (χ0n) is 25.1. The molecule has 0 aliphatic heterocycles. The average molecular weight is 662 g/mol. The highest BCUT2D eigenvalue weighted by Crippen LogP contribution is 2.38. The van der Waals surface area contributed by atoms with Crippen LogP contribution in [0.3, 0.4) is 0 Å². The molecular weight excluding hydrogens is 631 g/mol. The van der Waals surface area contributed by atoms with Crippen LogP contribution >= 0.6 is 11.6 Å². The van der Waals surface area contributed by atoms with Crippen LogP contribution in [-0.4, -0.2) is 97.5 Å². The predicted octanol–water partition coefficient (Wildman–Crippen LogP) is 4.72. The standard InChI is InChI=1S/C28H31ClF3N11O3/c1-42(2)8-9-46-27(44)43(22-15-33-21(14-34-22)16-10-36-26(45-3)37-11-16)18-6-4-17(5-7-18)39-25-35-12-19(28(30,31)32)23(40-25)24-20(29)13-38-41-24/h10-15,17-18H,4-9H2,1-3H3,(H,38,41)(H,35,39,40)/t17-,18-. The molecule has 5 rings (SSSR count). The normalized spacial score (nSPS) is 16.7. The van der Waals surface area contributed by atoms with Crippen molar-refractivity contribution in [1.29, 1.82) is 0 Å². The molecule has 4 aromatic heterocycles. The number of aromatic amines is 1. The number of rotatable bonds is 10. The van der Waals surface area contributed by atoms with Crippen LogP contribution in [0.4, 0.5) is 29.7 Å². The van der Waals surface area contributed by atoms with E-state index < -0.39 is 23.5 Å². The number of likely N-dealkylation sites (N-methyl/N-ethyl adjacent to an activating group) is 1. The number of carbonyl (C=O) groups is 1. The lowest BCUT2D eigenvalue weighted by atomic mass is 9.90. The average Bonchev–Trinajstić information content (AvgIpc) is 3.47. The zero-order valence-corrected chi connectivity index (χ0v) is 25.9. The lowest BCUT2D eigenvalue weighted by molar-refractivity contribution is -0.137. The summed E-state index contributed by atoms with van der Waals surface area (Å²) in [4.78, 5) is 42.0. The Hall–Kier alpha value is -4.64. The molecule has 1 aliphatic rings. The van der Waals surface area contributed by atoms with Crippen LogP contribution in [0.25, 0.3) is 22.6 Å². The van der Waals surface area contributed by atoms with Gasteiger partial charge < -0.3 is 19.7 Å². The number of carbonyl (C=O) groups excluding carboxylic acids is 1. The van der Waals surface area contributed by atoms with Crippen LogP contribution in [0.5, 0.6) is 6.01 Å². The minimum atomic E-state index is -4.71. The zero-order chi connectivity index (χ0) is 32.8. The molecule has 0 bridgehead atoms. The van der Waals surface area contributed by atoms with E-state index in [0.717, 1.165) is 0 Å². The Kier molecular flexibility index (Phi) is 10.1. The van der Waals surface area contributed by atoms with Gasteiger partial charge in [-0.25, -0.2) is 29.7 Å². The van der Waals surface area contributed by atoms with Crippen molar-refractivity contribution in [1.82, 2.24) is 45.0 Å². The molecule has 14 nitrogen and oxygen atoms in total. The van der Waals surface area contributed by atoms with Gasteiger partial charge in [-0.05, 0) is 39.8 Å². The summed E-state index contributed by atoms with van der Waals surface area (Å²) in [6.45, 7) is 0.721. The van der Waals surface area contributed by atoms with Crippen LogP contribution in [0.1, 0.15) is 31.2 Å². The van der Waals surface area contributed by atoms with Crippen LogP contribution in [-0.2, 0) is 10.9 Å². The fraction of sp³-hybridized carbons (Fsp3) is 0.429. The Morgan fingerprint density at radius 2 is 1.76 bits per heavy atom. The number of nitrogens with zero attached hydrogens (tertiary/aromatic N) is 9. The van der Waals surface area contributed by atoms with Crippen LogP contribution < -0.4 is 15.0 Å². The van der Waals surface area contributed by atoms with Gasteiger partial charge in [0.25, 0.3) is 0 Å². The third-order valence-corrected chi connectivity index (χ3v) is 7.55. The number of hydrogen-bond acceptors (Lipinski definition) is 12. The summed E-state index contributed by atoms with van der Waals surface area (Å²) < 4.78 is 51.7. The molecular formula is C28H31ClF3N11O3. The third-order valence-electron chi connectivity index (χ3n) is 7.26. The molecule has 1 saturated carbocycles. The summed E-state index contributed by atoms with van der Waals surface area (Å²) in [6.07, 6.45) is 5.06. The largest absolute Gasteiger partial charge is 0.467 e. The molecule has 1 fully saturated rings. The number of anilines is 2. The van der Waals surface area contributed by atoms with Gasteiger partial charge in [-0.1, -0.05) is 11.6 Å². The Bertz CT molecular complexity index is 1610. The molecule has 1 aliphatic carbocycles. The number of amides is 1. The minimum absolute atomic E-state index is 0.00156. The molecule has 0 saturated heterocycles. The van der Waals surface area contributed by atoms with Gasteiger partial charge in [0.15, 0.2) is 5.82 Å². The van der Waals surface area contributed by atoms with E-state index in [-0.39, 0.29) is 41.4 Å². The smallest absolute Gasteiger partial charge is 0.420 e. The maximum Gasteiger partial charge on any atom is 0.420 e. The second-order valence-electron chi connectivity index (χ2n) is 10.7. The van der Waals surface area contributed by atoms with Gasteiger partial charge in [-0.15, -0.1) is 0 Å². The third kappa shape index (κ3) is 7.77. The fourth-order valence-corrected chi connectivity index (χ4v) is 5.09. The molecule has 0 spiro atoms. The van der Waals surface area contributed by atoms with Crippen LogP contribution in [0, 0.1) is 0 Å². The van der Waals surface area contributed by atoms with Crippen molar-refractivity contribution in [2.75, 3.05) is 44.6 Å². The number of methoxy groups -OCH3 is 1. The van der Waals surface area contributed by atoms with E-state index in [0.29, 0.717) is 55.5 Å². The van der Waals surface area contributed by atoms with Crippen LogP contribution in [0.15, 0.2) is 37.2 Å². The molecule has 0 aromatic carbocycles. The molecule has 1 amide bonds. The van der Waals surface area contributed by atoms with Gasteiger partial charge in [0.1, 0.15) is 23.6 Å². The van der Waals surface area contributed by atoms with Crippen molar-refractivity contribution in [3.8, 4) is 28.7 Å². The lowest BCUT2D eigenvalue weighted by Crippen LogP contribution is -2.45. The number of nitrogens with one attached hydrogen (secondary N) is 2. The topological polar surface area (TPSA) is 160 Å². The number of ether oxygens (including phenoxy) is 2. The van der Waals surface area contributed by atoms with Gasteiger partial charge in [0.2, 0.25) is 5.95 Å². The fourth-order valence-electron chi connectivity index (χ4n) is 4.90. The summed E-state index contributed by atoms with van der Waals surface area (Å²) in [7, 11) is 5.22. The Labute approximate surface area is 266 Å². The molecule has 0 atom stereocenters. The van der Waals surface area contributed by atoms with Crippen LogP contribution in [0.2, 0.25) is 5.02 Å². The monoisotopic (exact) mass is 661 g/mol. The van der Waals surface area contributed by atoms with E-state index in [2.05, 4.69) is 45.4 Å². The van der Waals surface area contributed by atoms with E-state index in [9.17, 15) is 18.0 Å². The van der Waals surface area contributed by atoms with Crippen molar-refractivity contribution in [3.63, 3.8) is 0 Å². The Morgan fingerprint density at radius 3 is 2.35 bits per heavy atom. The summed E-state index contributed by atoms with van der Waals surface area (Å²) >= 11 is 6.05. The van der Waals surface area contributed by atoms with E-state index in [1.165, 1.54) is 30.6 Å². The van der Waals surface area contributed by atoms with Crippen molar-refractivity contribution in [2.45, 2.75) is 43.9 Å². The van der Waals surface area contributed by atoms with Gasteiger partial charge in [0.05, 0.1) is 30.2 Å². The predicted molar refractivity (Wildman–Crippen MR) is 161 cm³/mol. The number of H-pyrrole nitrogens is 1. The van der Waals surface area contributed by atoms with Crippen molar-refractivity contribution >= 4 is 29.5 Å². The highest BCUT2D eigenvalue weighted by atomic mass is 35.5. The molecule has 4 aromatic rings. The van der Waals surface area contributed by atoms with Gasteiger partial charge in [-0.2, -0.15) is 18.3 Å². The van der Waals surface area contributed by atoms with Crippen molar-refractivity contribution in [2.24, 2.45) is 0 Å². The lowest BCUT2D eigenvalue weighted by Gasteiger charge is -2.35. The van der Waals surface area contributed by atoms with Crippen molar-refractivity contribution in [3.05, 3.63) is 47.8 Å². The molecule has 0 radical (unpaired) electrons. The van der Waals surface area contributed by atoms with Crippen molar-refractivity contribution < 1.29 is 27.4 Å². The second-order valence-corrected chi connectivity index (χ2v) is 11.1. The SMILES string of the molecule is COc1ncc(-c2cnc(N(C(=O)OCCN(C)C)[C@H]3CC[C@H](Nc4ncc(C(F)(F)F)c(-c5n[nH]cc5Cl)n4)CC3)cn2)cn1. The van der Waals surface area contributed by atoms with Gasteiger partial charge in [-0.3, -0.25) is 15.0 Å². The van der Waals surface area contributed by atoms with E-state index in [1.54, 1.807) is 12.4 Å². The molecule has 0 unspecified atom stereocenters. The summed E-state index contributed by atoms with van der Waals surface area (Å²) in [5.74, 6) is 0.325. The summed E-state index contributed by atoms with van der Waals surface area (Å²) in [5.41, 5.74) is -0.481. The highest BCUT2D eigenvalue weighted by molar-refractivity contribution is 6.32. The maximum absolute atomic E-state index is 13.7. The number of hydrogen-bond donors (Lipinski definition) is 2. The highest BCUT2D eigenvalue weighted by Gasteiger charge is 2.37. The molecule has 18 heteroatoms. The molecule has 4 heterocycles. The number of aromatic nitrogens is 8. The quantitative estimate of drug-likeness (QED) is 0.241. The van der Waals surface area contributed by atoms with E-state index in [1.807, 2.05) is 19.0 Å². The number of alkyl halides is 3. The first-order valence-electron chi connectivity index (χ1n) is 14.2. The van der Waals surface area contributed by atoms with Gasteiger partial charge >= 0.3 is 18.3 Å². The Morgan fingerprint density at radius 1 is 1.02 bits per heavy atom. The first kappa shape index (κ1) is 32.7.